The zero-order valence-electron chi connectivity index (χ0n) is 8.86. The maximum absolute atomic E-state index is 11.5. The van der Waals surface area contributed by atoms with Gasteiger partial charge in [0.2, 0.25) is 5.91 Å². The van der Waals surface area contributed by atoms with Crippen molar-refractivity contribution in [2.75, 3.05) is 31.7 Å². The molecule has 0 aliphatic heterocycles. The minimum Gasteiger partial charge on any atom is -0.395 e. The van der Waals surface area contributed by atoms with Crippen LogP contribution in [0, 0.1) is 0 Å². The van der Waals surface area contributed by atoms with E-state index in [1.54, 1.807) is 11.2 Å². The maximum Gasteiger partial charge on any atom is 0.223 e. The standard InChI is InChI=1S/C9H19NO3S/c1-3-5-10(6-7-11)9(12)4-8-14(2)13/h11H,3-8H2,1-2H3. The number of hydrogen-bond donors (Lipinski definition) is 1. The van der Waals surface area contributed by atoms with Gasteiger partial charge in [-0.1, -0.05) is 6.92 Å². The van der Waals surface area contributed by atoms with Crippen LogP contribution in [0.3, 0.4) is 0 Å². The first-order chi connectivity index (χ1) is 6.61. The van der Waals surface area contributed by atoms with Crippen molar-refractivity contribution in [3.63, 3.8) is 0 Å². The molecule has 1 N–H and O–H groups in total. The first-order valence-electron chi connectivity index (χ1n) is 4.80. The van der Waals surface area contributed by atoms with Gasteiger partial charge < -0.3 is 10.0 Å². The number of rotatable bonds is 7. The number of aliphatic hydroxyl groups excluding tert-OH is 1. The van der Waals surface area contributed by atoms with Crippen molar-refractivity contribution in [1.82, 2.24) is 4.90 Å². The van der Waals surface area contributed by atoms with E-state index in [0.717, 1.165) is 6.42 Å². The molecule has 4 nitrogen and oxygen atoms in total. The van der Waals surface area contributed by atoms with Crippen molar-refractivity contribution in [2.24, 2.45) is 0 Å². The summed E-state index contributed by atoms with van der Waals surface area (Å²) in [4.78, 5) is 13.1. The van der Waals surface area contributed by atoms with Crippen LogP contribution in [0.5, 0.6) is 0 Å². The lowest BCUT2D eigenvalue weighted by Crippen LogP contribution is -2.34. The summed E-state index contributed by atoms with van der Waals surface area (Å²) < 4.78 is 10.8. The molecule has 5 heteroatoms. The Morgan fingerprint density at radius 2 is 2.07 bits per heavy atom. The summed E-state index contributed by atoms with van der Waals surface area (Å²) >= 11 is 0. The van der Waals surface area contributed by atoms with Crippen LogP contribution in [0.1, 0.15) is 19.8 Å². The van der Waals surface area contributed by atoms with E-state index >= 15 is 0 Å². The van der Waals surface area contributed by atoms with Crippen LogP contribution in [-0.4, -0.2) is 51.8 Å². The van der Waals surface area contributed by atoms with Crippen molar-refractivity contribution in [2.45, 2.75) is 19.8 Å². The lowest BCUT2D eigenvalue weighted by atomic mass is 10.3. The first kappa shape index (κ1) is 13.6. The molecule has 1 atom stereocenters. The van der Waals surface area contributed by atoms with Gasteiger partial charge in [0.25, 0.3) is 0 Å². The molecule has 0 radical (unpaired) electrons. The van der Waals surface area contributed by atoms with Gasteiger partial charge in [-0.2, -0.15) is 0 Å². The molecule has 1 unspecified atom stereocenters. The number of nitrogens with zero attached hydrogens (tertiary/aromatic N) is 1. The number of carbonyl (C=O) groups is 1. The Labute approximate surface area is 87.7 Å². The first-order valence-corrected chi connectivity index (χ1v) is 6.53. The van der Waals surface area contributed by atoms with Crippen LogP contribution in [0.4, 0.5) is 0 Å². The van der Waals surface area contributed by atoms with Gasteiger partial charge in [0, 0.05) is 42.3 Å². The molecule has 0 bridgehead atoms. The van der Waals surface area contributed by atoms with Crippen molar-refractivity contribution in [3.05, 3.63) is 0 Å². The van der Waals surface area contributed by atoms with Gasteiger partial charge in [-0.15, -0.1) is 0 Å². The van der Waals surface area contributed by atoms with Gasteiger partial charge in [0.05, 0.1) is 6.61 Å². The Bertz CT molecular complexity index is 190. The third-order valence-electron chi connectivity index (χ3n) is 1.82. The summed E-state index contributed by atoms with van der Waals surface area (Å²) in [5.41, 5.74) is 0. The molecule has 0 heterocycles. The third kappa shape index (κ3) is 6.10. The zero-order valence-corrected chi connectivity index (χ0v) is 9.68. The fourth-order valence-corrected chi connectivity index (χ4v) is 1.60. The summed E-state index contributed by atoms with van der Waals surface area (Å²) in [6.07, 6.45) is 2.77. The van der Waals surface area contributed by atoms with Crippen molar-refractivity contribution >= 4 is 16.7 Å². The highest BCUT2D eigenvalue weighted by Gasteiger charge is 2.11. The highest BCUT2D eigenvalue weighted by molar-refractivity contribution is 7.84. The fourth-order valence-electron chi connectivity index (χ4n) is 1.14. The van der Waals surface area contributed by atoms with Crippen LogP contribution in [0.2, 0.25) is 0 Å². The summed E-state index contributed by atoms with van der Waals surface area (Å²) in [5.74, 6) is 0.390. The van der Waals surface area contributed by atoms with Crippen molar-refractivity contribution < 1.29 is 14.1 Å². The molecule has 0 aromatic rings. The largest absolute Gasteiger partial charge is 0.395 e. The second kappa shape index (κ2) is 7.94. The Hall–Kier alpha value is -0.420. The minimum absolute atomic E-state index is 0.0129. The van der Waals surface area contributed by atoms with Crippen LogP contribution in [-0.2, 0) is 15.6 Å². The second-order valence-corrected chi connectivity index (χ2v) is 4.69. The van der Waals surface area contributed by atoms with E-state index in [-0.39, 0.29) is 12.5 Å². The summed E-state index contributed by atoms with van der Waals surface area (Å²) in [6.45, 7) is 3.01. The summed E-state index contributed by atoms with van der Waals surface area (Å²) in [7, 11) is -0.921. The highest BCUT2D eigenvalue weighted by Crippen LogP contribution is 1.97. The Morgan fingerprint density at radius 3 is 2.50 bits per heavy atom. The van der Waals surface area contributed by atoms with Gasteiger partial charge in [0.15, 0.2) is 0 Å². The highest BCUT2D eigenvalue weighted by atomic mass is 32.2. The van der Waals surface area contributed by atoms with Crippen LogP contribution in [0.25, 0.3) is 0 Å². The Kier molecular flexibility index (Phi) is 7.70. The molecule has 0 aliphatic carbocycles. The predicted octanol–water partition coefficient (Wildman–Crippen LogP) is -0.0141. The zero-order chi connectivity index (χ0) is 11.0. The number of carbonyl (C=O) groups excluding carboxylic acids is 1. The molecular weight excluding hydrogens is 202 g/mol. The summed E-state index contributed by atoms with van der Waals surface area (Å²) in [6, 6.07) is 0. The summed E-state index contributed by atoms with van der Waals surface area (Å²) in [5, 5.41) is 8.74. The third-order valence-corrected chi connectivity index (χ3v) is 2.60. The van der Waals surface area contributed by atoms with E-state index in [2.05, 4.69) is 0 Å². The SMILES string of the molecule is CCCN(CCO)C(=O)CCS(C)=O. The van der Waals surface area contributed by atoms with Crippen LogP contribution >= 0.6 is 0 Å². The second-order valence-electron chi connectivity index (χ2n) is 3.13. The Morgan fingerprint density at radius 1 is 1.43 bits per heavy atom. The molecule has 0 saturated heterocycles. The molecule has 0 aliphatic rings. The molecule has 0 spiro atoms. The quantitative estimate of drug-likeness (QED) is 0.657. The molecule has 1 amide bonds. The van der Waals surface area contributed by atoms with E-state index in [1.807, 2.05) is 6.92 Å². The lowest BCUT2D eigenvalue weighted by molar-refractivity contribution is -0.131. The minimum atomic E-state index is -0.921. The average molecular weight is 221 g/mol. The van der Waals surface area contributed by atoms with Gasteiger partial charge in [-0.3, -0.25) is 9.00 Å². The topological polar surface area (TPSA) is 57.6 Å². The maximum atomic E-state index is 11.5. The van der Waals surface area contributed by atoms with E-state index in [0.29, 0.717) is 25.3 Å². The lowest BCUT2D eigenvalue weighted by Gasteiger charge is -2.20. The Balaban J connectivity index is 3.94. The fraction of sp³-hybridized carbons (Fsp3) is 0.889. The number of hydrogen-bond acceptors (Lipinski definition) is 3. The van der Waals surface area contributed by atoms with E-state index < -0.39 is 10.8 Å². The van der Waals surface area contributed by atoms with Crippen molar-refractivity contribution in [1.29, 1.82) is 0 Å². The molecule has 0 aromatic heterocycles. The molecule has 0 rings (SSSR count). The molecule has 14 heavy (non-hydrogen) atoms. The molecular formula is C9H19NO3S. The normalized spacial score (nSPS) is 12.5. The van der Waals surface area contributed by atoms with Crippen molar-refractivity contribution in [3.8, 4) is 0 Å². The van der Waals surface area contributed by atoms with Gasteiger partial charge in [-0.25, -0.2) is 0 Å². The monoisotopic (exact) mass is 221 g/mol. The van der Waals surface area contributed by atoms with E-state index in [1.165, 1.54) is 0 Å². The number of aliphatic hydroxyl groups is 1. The molecule has 0 saturated carbocycles. The number of amides is 1. The van der Waals surface area contributed by atoms with Crippen LogP contribution in [0.15, 0.2) is 0 Å². The van der Waals surface area contributed by atoms with Crippen LogP contribution < -0.4 is 0 Å². The van der Waals surface area contributed by atoms with Gasteiger partial charge in [-0.05, 0) is 6.42 Å². The van der Waals surface area contributed by atoms with E-state index in [4.69, 9.17) is 5.11 Å². The molecule has 84 valence electrons. The molecule has 0 aromatic carbocycles. The smallest absolute Gasteiger partial charge is 0.223 e. The molecule has 0 fully saturated rings. The average Bonchev–Trinajstić information content (AvgIpc) is 2.14. The van der Waals surface area contributed by atoms with E-state index in [9.17, 15) is 9.00 Å². The predicted molar refractivity (Wildman–Crippen MR) is 57.5 cm³/mol. The van der Waals surface area contributed by atoms with Gasteiger partial charge in [0.1, 0.15) is 0 Å². The van der Waals surface area contributed by atoms with Gasteiger partial charge >= 0.3 is 0 Å².